The number of ether oxygens (including phenoxy) is 1. The van der Waals surface area contributed by atoms with Crippen molar-refractivity contribution in [2.24, 2.45) is 11.8 Å². The van der Waals surface area contributed by atoms with Crippen LogP contribution < -0.4 is 0 Å². The number of fused-ring (bicyclic) bond motifs is 1. The summed E-state index contributed by atoms with van der Waals surface area (Å²) < 4.78 is 5.67. The summed E-state index contributed by atoms with van der Waals surface area (Å²) in [5, 5.41) is 8.68. The second-order valence-electron chi connectivity index (χ2n) is 4.27. The van der Waals surface area contributed by atoms with Gasteiger partial charge in [-0.3, -0.25) is 0 Å². The van der Waals surface area contributed by atoms with Crippen LogP contribution in [-0.2, 0) is 4.74 Å². The molecule has 2 heteroatoms. The van der Waals surface area contributed by atoms with Gasteiger partial charge in [0.2, 0.25) is 0 Å². The molecule has 1 heterocycles. The van der Waals surface area contributed by atoms with E-state index in [2.05, 4.69) is 6.07 Å². The number of nitriles is 1. The second-order valence-corrected chi connectivity index (χ2v) is 4.27. The molecule has 72 valence electrons. The second kappa shape index (κ2) is 4.11. The minimum atomic E-state index is 0.254. The van der Waals surface area contributed by atoms with Crippen molar-refractivity contribution in [2.45, 2.75) is 44.6 Å². The van der Waals surface area contributed by atoms with Crippen molar-refractivity contribution in [1.29, 1.82) is 5.26 Å². The third-order valence-electron chi connectivity index (χ3n) is 3.56. The standard InChI is InChI=1S/C11H17NO/c12-7-5-11-10-4-2-1-3-9(10)6-8-13-11/h9-11H,1-6,8H2. The van der Waals surface area contributed by atoms with Gasteiger partial charge in [-0.2, -0.15) is 5.26 Å². The summed E-state index contributed by atoms with van der Waals surface area (Å²) in [6, 6.07) is 2.25. The molecule has 2 nitrogen and oxygen atoms in total. The van der Waals surface area contributed by atoms with E-state index in [-0.39, 0.29) is 6.10 Å². The first kappa shape index (κ1) is 9.02. The molecule has 0 amide bonds. The topological polar surface area (TPSA) is 33.0 Å². The van der Waals surface area contributed by atoms with Crippen molar-refractivity contribution >= 4 is 0 Å². The lowest BCUT2D eigenvalue weighted by molar-refractivity contribution is -0.0679. The summed E-state index contributed by atoms with van der Waals surface area (Å²) in [5.74, 6) is 1.56. The zero-order valence-corrected chi connectivity index (χ0v) is 8.04. The quantitative estimate of drug-likeness (QED) is 0.619. The first-order valence-electron chi connectivity index (χ1n) is 5.40. The first-order chi connectivity index (χ1) is 6.42. The van der Waals surface area contributed by atoms with Crippen LogP contribution in [0, 0.1) is 23.2 Å². The predicted octanol–water partition coefficient (Wildman–Crippen LogP) is 2.50. The van der Waals surface area contributed by atoms with Crippen molar-refractivity contribution in [1.82, 2.24) is 0 Å². The molecule has 0 aromatic heterocycles. The van der Waals surface area contributed by atoms with Gasteiger partial charge in [0.05, 0.1) is 18.6 Å². The number of rotatable bonds is 1. The van der Waals surface area contributed by atoms with Gasteiger partial charge in [-0.05, 0) is 24.7 Å². The normalized spacial score (nSPS) is 39.2. The molecule has 3 unspecified atom stereocenters. The summed E-state index contributed by atoms with van der Waals surface area (Å²) >= 11 is 0. The Morgan fingerprint density at radius 2 is 2.08 bits per heavy atom. The van der Waals surface area contributed by atoms with Crippen LogP contribution in [0.4, 0.5) is 0 Å². The Morgan fingerprint density at radius 3 is 2.92 bits per heavy atom. The molecule has 1 saturated heterocycles. The number of nitrogens with zero attached hydrogens (tertiary/aromatic N) is 1. The fourth-order valence-corrected chi connectivity index (χ4v) is 2.88. The molecule has 1 aliphatic carbocycles. The lowest BCUT2D eigenvalue weighted by atomic mass is 9.73. The van der Waals surface area contributed by atoms with Gasteiger partial charge in [-0.1, -0.05) is 19.3 Å². The molecule has 2 fully saturated rings. The Labute approximate surface area is 79.9 Å². The highest BCUT2D eigenvalue weighted by atomic mass is 16.5. The molecule has 3 atom stereocenters. The number of hydrogen-bond donors (Lipinski definition) is 0. The maximum atomic E-state index is 8.68. The van der Waals surface area contributed by atoms with Gasteiger partial charge in [0.15, 0.2) is 0 Å². The van der Waals surface area contributed by atoms with E-state index in [1.807, 2.05) is 0 Å². The summed E-state index contributed by atoms with van der Waals surface area (Å²) in [6.45, 7) is 0.882. The van der Waals surface area contributed by atoms with E-state index in [9.17, 15) is 0 Å². The Kier molecular flexibility index (Phi) is 2.85. The molecule has 0 bridgehead atoms. The van der Waals surface area contributed by atoms with Gasteiger partial charge >= 0.3 is 0 Å². The van der Waals surface area contributed by atoms with Crippen LogP contribution >= 0.6 is 0 Å². The molecular formula is C11H17NO. The van der Waals surface area contributed by atoms with Crippen molar-refractivity contribution in [3.63, 3.8) is 0 Å². The van der Waals surface area contributed by atoms with E-state index in [1.165, 1.54) is 32.1 Å². The van der Waals surface area contributed by atoms with Crippen LogP contribution in [0.5, 0.6) is 0 Å². The minimum absolute atomic E-state index is 0.254. The zero-order chi connectivity index (χ0) is 9.10. The highest BCUT2D eigenvalue weighted by molar-refractivity contribution is 4.89. The van der Waals surface area contributed by atoms with E-state index >= 15 is 0 Å². The molecule has 2 aliphatic rings. The van der Waals surface area contributed by atoms with E-state index in [1.54, 1.807) is 0 Å². The Bertz CT molecular complexity index is 207. The van der Waals surface area contributed by atoms with Crippen molar-refractivity contribution in [2.75, 3.05) is 6.61 Å². The third kappa shape index (κ3) is 1.86. The number of hydrogen-bond acceptors (Lipinski definition) is 2. The molecule has 0 N–H and O–H groups in total. The SMILES string of the molecule is N#CCC1OCCC2CCCCC21. The lowest BCUT2D eigenvalue weighted by Gasteiger charge is -2.40. The van der Waals surface area contributed by atoms with Crippen molar-refractivity contribution in [3.05, 3.63) is 0 Å². The highest BCUT2D eigenvalue weighted by Gasteiger charge is 2.35. The first-order valence-corrected chi connectivity index (χ1v) is 5.40. The minimum Gasteiger partial charge on any atom is -0.377 e. The lowest BCUT2D eigenvalue weighted by Crippen LogP contribution is -2.38. The van der Waals surface area contributed by atoms with Crippen molar-refractivity contribution in [3.8, 4) is 6.07 Å². The molecular weight excluding hydrogens is 162 g/mol. The van der Waals surface area contributed by atoms with Gasteiger partial charge in [-0.15, -0.1) is 0 Å². The van der Waals surface area contributed by atoms with E-state index in [0.717, 1.165) is 12.5 Å². The van der Waals surface area contributed by atoms with E-state index < -0.39 is 0 Å². The van der Waals surface area contributed by atoms with Crippen molar-refractivity contribution < 1.29 is 4.74 Å². The molecule has 0 spiro atoms. The van der Waals surface area contributed by atoms with Crippen LogP contribution in [0.15, 0.2) is 0 Å². The molecule has 0 aromatic carbocycles. The Morgan fingerprint density at radius 1 is 1.23 bits per heavy atom. The molecule has 2 rings (SSSR count). The fraction of sp³-hybridized carbons (Fsp3) is 0.909. The van der Waals surface area contributed by atoms with Gasteiger partial charge in [-0.25, -0.2) is 0 Å². The maximum Gasteiger partial charge on any atom is 0.0735 e. The fourth-order valence-electron chi connectivity index (χ4n) is 2.88. The van der Waals surface area contributed by atoms with Crippen LogP contribution in [0.1, 0.15) is 38.5 Å². The van der Waals surface area contributed by atoms with Gasteiger partial charge in [0.1, 0.15) is 0 Å². The summed E-state index contributed by atoms with van der Waals surface area (Å²) in [6.07, 6.45) is 7.47. The molecule has 13 heavy (non-hydrogen) atoms. The van der Waals surface area contributed by atoms with E-state index in [0.29, 0.717) is 12.3 Å². The molecule has 1 aliphatic heterocycles. The van der Waals surface area contributed by atoms with Crippen LogP contribution in [0.25, 0.3) is 0 Å². The smallest absolute Gasteiger partial charge is 0.0735 e. The molecule has 0 radical (unpaired) electrons. The zero-order valence-electron chi connectivity index (χ0n) is 8.04. The van der Waals surface area contributed by atoms with Gasteiger partial charge in [0, 0.05) is 6.61 Å². The predicted molar refractivity (Wildman–Crippen MR) is 50.0 cm³/mol. The largest absolute Gasteiger partial charge is 0.377 e. The van der Waals surface area contributed by atoms with Crippen LogP contribution in [0.3, 0.4) is 0 Å². The van der Waals surface area contributed by atoms with Gasteiger partial charge in [0.25, 0.3) is 0 Å². The average molecular weight is 179 g/mol. The average Bonchev–Trinajstić information content (AvgIpc) is 2.19. The van der Waals surface area contributed by atoms with Crippen LogP contribution in [0.2, 0.25) is 0 Å². The summed E-state index contributed by atoms with van der Waals surface area (Å²) in [4.78, 5) is 0. The van der Waals surface area contributed by atoms with Gasteiger partial charge < -0.3 is 4.74 Å². The summed E-state index contributed by atoms with van der Waals surface area (Å²) in [7, 11) is 0. The maximum absolute atomic E-state index is 8.68. The highest BCUT2D eigenvalue weighted by Crippen LogP contribution is 2.39. The summed E-state index contributed by atoms with van der Waals surface area (Å²) in [5.41, 5.74) is 0. The molecule has 1 saturated carbocycles. The molecule has 0 aromatic rings. The third-order valence-corrected chi connectivity index (χ3v) is 3.56. The Balaban J connectivity index is 1.99. The Hall–Kier alpha value is -0.550. The van der Waals surface area contributed by atoms with Crippen LogP contribution in [-0.4, -0.2) is 12.7 Å². The monoisotopic (exact) mass is 179 g/mol. The van der Waals surface area contributed by atoms with E-state index in [4.69, 9.17) is 10.00 Å².